The molecule has 2 fully saturated rings. The number of hydrogen-bond donors (Lipinski definition) is 1. The second-order valence-corrected chi connectivity index (χ2v) is 7.74. The van der Waals surface area contributed by atoms with Gasteiger partial charge in [-0.2, -0.15) is 0 Å². The minimum Gasteiger partial charge on any atom is -0.467 e. The summed E-state index contributed by atoms with van der Waals surface area (Å²) in [5, 5.41) is 2.74. The van der Waals surface area contributed by atoms with E-state index in [1.165, 1.54) is 11.0 Å². The predicted molar refractivity (Wildman–Crippen MR) is 106 cm³/mol. The fourth-order valence-electron chi connectivity index (χ4n) is 4.74. The molecule has 1 aromatic carbocycles. The van der Waals surface area contributed by atoms with Crippen LogP contribution in [-0.4, -0.2) is 17.7 Å². The summed E-state index contributed by atoms with van der Waals surface area (Å²) in [5.74, 6) is 0.155. The second kappa shape index (κ2) is 6.88. The van der Waals surface area contributed by atoms with E-state index in [2.05, 4.69) is 17.5 Å². The number of furan rings is 1. The molecule has 6 heteroatoms. The van der Waals surface area contributed by atoms with Gasteiger partial charge in [-0.3, -0.25) is 14.4 Å². The van der Waals surface area contributed by atoms with E-state index < -0.39 is 0 Å². The van der Waals surface area contributed by atoms with Crippen molar-refractivity contribution in [3.63, 3.8) is 0 Å². The Balaban J connectivity index is 1.29. The van der Waals surface area contributed by atoms with Crippen LogP contribution in [0.5, 0.6) is 0 Å². The SMILES string of the molecule is O=C(/C=C/c1cccc(N2C(=O)[C@@H]3[C@H](C2=O)[C@H]2C=C[C@H]3C2)c1)NCc1ccco1. The quantitative estimate of drug-likeness (QED) is 0.485. The van der Waals surface area contributed by atoms with Gasteiger partial charge in [0, 0.05) is 6.08 Å². The maximum absolute atomic E-state index is 12.9. The van der Waals surface area contributed by atoms with Crippen LogP contribution >= 0.6 is 0 Å². The molecule has 1 aliphatic heterocycles. The molecule has 4 atom stereocenters. The average molecular weight is 388 g/mol. The summed E-state index contributed by atoms with van der Waals surface area (Å²) in [6, 6.07) is 10.7. The van der Waals surface area contributed by atoms with Crippen LogP contribution in [0.4, 0.5) is 5.69 Å². The van der Waals surface area contributed by atoms with E-state index >= 15 is 0 Å². The third kappa shape index (κ3) is 3.01. The summed E-state index contributed by atoms with van der Waals surface area (Å²) < 4.78 is 5.18. The summed E-state index contributed by atoms with van der Waals surface area (Å²) in [6.07, 6.45) is 9.73. The van der Waals surface area contributed by atoms with E-state index in [9.17, 15) is 14.4 Å². The zero-order valence-electron chi connectivity index (χ0n) is 15.7. The summed E-state index contributed by atoms with van der Waals surface area (Å²) >= 11 is 0. The van der Waals surface area contributed by atoms with E-state index in [-0.39, 0.29) is 41.4 Å². The molecule has 2 aromatic rings. The third-order valence-corrected chi connectivity index (χ3v) is 6.04. The van der Waals surface area contributed by atoms with Gasteiger partial charge in [-0.25, -0.2) is 4.90 Å². The number of hydrogen-bond acceptors (Lipinski definition) is 4. The Bertz CT molecular complexity index is 1010. The molecule has 0 unspecified atom stereocenters. The number of carbonyl (C=O) groups excluding carboxylic acids is 3. The maximum atomic E-state index is 12.9. The Morgan fingerprint density at radius 1 is 1.10 bits per heavy atom. The molecule has 1 N–H and O–H groups in total. The van der Waals surface area contributed by atoms with Gasteiger partial charge in [-0.15, -0.1) is 0 Å². The molecule has 0 spiro atoms. The molecular formula is C23H20N2O4. The normalized spacial score (nSPS) is 27.2. The number of nitrogens with zero attached hydrogens (tertiary/aromatic N) is 1. The minimum absolute atomic E-state index is 0.103. The topological polar surface area (TPSA) is 79.6 Å². The van der Waals surface area contributed by atoms with E-state index in [4.69, 9.17) is 4.42 Å². The summed E-state index contributed by atoms with van der Waals surface area (Å²) in [5.41, 5.74) is 1.31. The van der Waals surface area contributed by atoms with Crippen LogP contribution in [0.25, 0.3) is 6.08 Å². The molecular weight excluding hydrogens is 368 g/mol. The largest absolute Gasteiger partial charge is 0.467 e. The fourth-order valence-corrected chi connectivity index (χ4v) is 4.74. The van der Waals surface area contributed by atoms with Crippen LogP contribution in [0.1, 0.15) is 17.7 Å². The number of anilines is 1. The molecule has 2 aliphatic carbocycles. The van der Waals surface area contributed by atoms with Gasteiger partial charge in [-0.1, -0.05) is 24.3 Å². The van der Waals surface area contributed by atoms with Crippen LogP contribution in [0.2, 0.25) is 0 Å². The van der Waals surface area contributed by atoms with E-state index in [1.54, 1.807) is 42.7 Å². The van der Waals surface area contributed by atoms with Crippen molar-refractivity contribution in [3.05, 3.63) is 72.2 Å². The molecule has 6 nitrogen and oxygen atoms in total. The molecule has 29 heavy (non-hydrogen) atoms. The number of fused-ring (bicyclic) bond motifs is 5. The summed E-state index contributed by atoms with van der Waals surface area (Å²) in [4.78, 5) is 39.2. The van der Waals surface area contributed by atoms with Gasteiger partial charge in [0.05, 0.1) is 30.3 Å². The van der Waals surface area contributed by atoms with Crippen molar-refractivity contribution in [2.24, 2.45) is 23.7 Å². The zero-order valence-corrected chi connectivity index (χ0v) is 15.7. The van der Waals surface area contributed by atoms with Gasteiger partial charge in [0.1, 0.15) is 5.76 Å². The molecule has 1 saturated heterocycles. The van der Waals surface area contributed by atoms with Gasteiger partial charge in [-0.05, 0) is 54.2 Å². The Morgan fingerprint density at radius 2 is 1.86 bits per heavy atom. The van der Waals surface area contributed by atoms with Crippen molar-refractivity contribution in [2.75, 3.05) is 4.90 Å². The summed E-state index contributed by atoms with van der Waals surface area (Å²) in [7, 11) is 0. The van der Waals surface area contributed by atoms with Crippen molar-refractivity contribution in [2.45, 2.75) is 13.0 Å². The van der Waals surface area contributed by atoms with Crippen LogP contribution in [0.15, 0.2) is 65.3 Å². The van der Waals surface area contributed by atoms with Gasteiger partial charge in [0.2, 0.25) is 17.7 Å². The first-order chi connectivity index (χ1) is 14.1. The van der Waals surface area contributed by atoms with Gasteiger partial charge < -0.3 is 9.73 Å². The Morgan fingerprint density at radius 3 is 2.55 bits per heavy atom. The smallest absolute Gasteiger partial charge is 0.244 e. The monoisotopic (exact) mass is 388 g/mol. The van der Waals surface area contributed by atoms with E-state index in [0.29, 0.717) is 18.0 Å². The van der Waals surface area contributed by atoms with Crippen molar-refractivity contribution in [3.8, 4) is 0 Å². The second-order valence-electron chi connectivity index (χ2n) is 7.74. The van der Waals surface area contributed by atoms with Crippen LogP contribution < -0.4 is 10.2 Å². The third-order valence-electron chi connectivity index (χ3n) is 6.04. The average Bonchev–Trinajstić information content (AvgIpc) is 3.50. The molecule has 146 valence electrons. The minimum atomic E-state index is -0.252. The number of imide groups is 1. The molecule has 0 radical (unpaired) electrons. The number of amides is 3. The number of rotatable bonds is 5. The lowest BCUT2D eigenvalue weighted by atomic mass is 9.85. The lowest BCUT2D eigenvalue weighted by molar-refractivity contribution is -0.123. The first kappa shape index (κ1) is 17.7. The first-order valence-electron chi connectivity index (χ1n) is 9.76. The van der Waals surface area contributed by atoms with Crippen molar-refractivity contribution in [1.29, 1.82) is 0 Å². The molecule has 3 aliphatic rings. The lowest BCUT2D eigenvalue weighted by Crippen LogP contribution is -2.32. The van der Waals surface area contributed by atoms with Crippen molar-refractivity contribution >= 4 is 29.5 Å². The number of benzene rings is 1. The highest BCUT2D eigenvalue weighted by atomic mass is 16.3. The van der Waals surface area contributed by atoms with Gasteiger partial charge in [0.15, 0.2) is 0 Å². The number of allylic oxidation sites excluding steroid dienone is 2. The van der Waals surface area contributed by atoms with Crippen LogP contribution in [0, 0.1) is 23.7 Å². The molecule has 1 saturated carbocycles. The van der Waals surface area contributed by atoms with Crippen LogP contribution in [0.3, 0.4) is 0 Å². The highest BCUT2D eigenvalue weighted by Gasteiger charge is 2.59. The molecule has 1 aromatic heterocycles. The van der Waals surface area contributed by atoms with Crippen molar-refractivity contribution in [1.82, 2.24) is 5.32 Å². The van der Waals surface area contributed by atoms with E-state index in [0.717, 1.165) is 12.0 Å². The Hall–Kier alpha value is -3.41. The number of nitrogens with one attached hydrogen (secondary N) is 1. The standard InChI is InChI=1S/C23H20N2O4/c26-19(24-13-18-5-2-10-29-18)9-6-14-3-1-4-17(11-14)25-22(27)20-15-7-8-16(12-15)21(20)23(25)28/h1-11,15-16,20-21H,12-13H2,(H,24,26)/b9-6+/t15-,16-,20-,21+/m0/s1. The van der Waals surface area contributed by atoms with Gasteiger partial charge in [0.25, 0.3) is 0 Å². The molecule has 3 amide bonds. The fraction of sp³-hybridized carbons (Fsp3) is 0.261. The molecule has 2 bridgehead atoms. The highest BCUT2D eigenvalue weighted by molar-refractivity contribution is 6.22. The first-order valence-corrected chi connectivity index (χ1v) is 9.76. The van der Waals surface area contributed by atoms with Crippen molar-refractivity contribution < 1.29 is 18.8 Å². The summed E-state index contributed by atoms with van der Waals surface area (Å²) in [6.45, 7) is 0.312. The molecule has 2 heterocycles. The van der Waals surface area contributed by atoms with Crippen LogP contribution in [-0.2, 0) is 20.9 Å². The highest BCUT2D eigenvalue weighted by Crippen LogP contribution is 2.53. The van der Waals surface area contributed by atoms with Gasteiger partial charge >= 0.3 is 0 Å². The lowest BCUT2D eigenvalue weighted by Gasteiger charge is -2.17. The predicted octanol–water partition coefficient (Wildman–Crippen LogP) is 2.92. The Labute approximate surface area is 167 Å². The molecule has 5 rings (SSSR count). The van der Waals surface area contributed by atoms with E-state index in [1.807, 2.05) is 6.07 Å². The zero-order chi connectivity index (χ0) is 20.0. The maximum Gasteiger partial charge on any atom is 0.244 e. The number of carbonyl (C=O) groups is 3. The Kier molecular flexibility index (Phi) is 4.19.